The highest BCUT2D eigenvalue weighted by molar-refractivity contribution is 5.46. The molecule has 0 bridgehead atoms. The van der Waals surface area contributed by atoms with Gasteiger partial charge in [-0.1, -0.05) is 55.0 Å². The van der Waals surface area contributed by atoms with Gasteiger partial charge in [-0.25, -0.2) is 0 Å². The minimum Gasteiger partial charge on any atom is -0.339 e. The van der Waals surface area contributed by atoms with Gasteiger partial charge in [0, 0.05) is 17.7 Å². The van der Waals surface area contributed by atoms with Crippen molar-refractivity contribution in [1.29, 1.82) is 0 Å². The molecule has 1 atom stereocenters. The van der Waals surface area contributed by atoms with Crippen LogP contribution in [-0.2, 0) is 28.1 Å². The van der Waals surface area contributed by atoms with E-state index in [9.17, 15) is 0 Å². The number of aryl methyl sites for hydroxylation is 2. The van der Waals surface area contributed by atoms with Crippen LogP contribution < -0.4 is 0 Å². The highest BCUT2D eigenvalue weighted by Crippen LogP contribution is 2.45. The van der Waals surface area contributed by atoms with Crippen molar-refractivity contribution in [2.75, 3.05) is 26.2 Å². The van der Waals surface area contributed by atoms with E-state index < -0.39 is 5.79 Å². The second kappa shape index (κ2) is 6.80. The second-order valence-electron chi connectivity index (χ2n) is 7.84. The number of benzene rings is 2. The summed E-state index contributed by atoms with van der Waals surface area (Å²) in [7, 11) is 0. The van der Waals surface area contributed by atoms with Crippen LogP contribution in [-0.4, -0.2) is 37.2 Å². The fraction of sp³-hybridized carbons (Fsp3) is 0.478. The van der Waals surface area contributed by atoms with Crippen molar-refractivity contribution < 1.29 is 9.47 Å². The van der Waals surface area contributed by atoms with E-state index in [1.54, 1.807) is 0 Å². The van der Waals surface area contributed by atoms with Crippen molar-refractivity contribution in [3.8, 4) is 0 Å². The Balaban J connectivity index is 1.51. The van der Waals surface area contributed by atoms with E-state index in [2.05, 4.69) is 53.4 Å². The number of fused-ring (bicyclic) bond motifs is 4. The third-order valence-electron chi connectivity index (χ3n) is 6.12. The minimum absolute atomic E-state index is 0.132. The fourth-order valence-electron chi connectivity index (χ4n) is 4.85. The van der Waals surface area contributed by atoms with Gasteiger partial charge in [0.25, 0.3) is 0 Å². The molecule has 2 aliphatic heterocycles. The van der Waals surface area contributed by atoms with Crippen LogP contribution in [0.15, 0.2) is 48.5 Å². The van der Waals surface area contributed by atoms with Gasteiger partial charge in [-0.3, -0.25) is 0 Å². The Bertz CT molecular complexity index is 734. The number of hydrogen-bond acceptors (Lipinski definition) is 3. The molecule has 2 saturated heterocycles. The predicted octanol–water partition coefficient (Wildman–Crippen LogP) is 3.89. The summed E-state index contributed by atoms with van der Waals surface area (Å²) in [6.07, 6.45) is 6.20. The number of ether oxygens (including phenoxy) is 2. The summed E-state index contributed by atoms with van der Waals surface area (Å²) >= 11 is 0. The van der Waals surface area contributed by atoms with Crippen molar-refractivity contribution in [1.82, 2.24) is 4.90 Å². The Labute approximate surface area is 155 Å². The van der Waals surface area contributed by atoms with E-state index in [1.807, 2.05) is 0 Å². The highest BCUT2D eigenvalue weighted by atomic mass is 16.7. The monoisotopic (exact) mass is 349 g/mol. The molecule has 3 heteroatoms. The van der Waals surface area contributed by atoms with Gasteiger partial charge in [0.15, 0.2) is 0 Å². The SMILES string of the molecule is c1ccc2c(c1)CCc1ccccc1C21OCC(CN2CCCCC2)O1. The number of hydrogen-bond donors (Lipinski definition) is 0. The van der Waals surface area contributed by atoms with Crippen LogP contribution in [0.4, 0.5) is 0 Å². The molecule has 5 rings (SSSR count). The van der Waals surface area contributed by atoms with Gasteiger partial charge in [0.2, 0.25) is 5.79 Å². The smallest absolute Gasteiger partial charge is 0.223 e. The van der Waals surface area contributed by atoms with Crippen LogP contribution in [0.2, 0.25) is 0 Å². The van der Waals surface area contributed by atoms with Crippen LogP contribution in [0.1, 0.15) is 41.5 Å². The van der Waals surface area contributed by atoms with Crippen LogP contribution in [0.25, 0.3) is 0 Å². The van der Waals surface area contributed by atoms with Crippen molar-refractivity contribution in [2.45, 2.75) is 44.0 Å². The summed E-state index contributed by atoms with van der Waals surface area (Å²) in [4.78, 5) is 2.55. The molecule has 1 spiro atoms. The first kappa shape index (κ1) is 16.5. The molecule has 0 N–H and O–H groups in total. The molecule has 0 aromatic heterocycles. The topological polar surface area (TPSA) is 21.7 Å². The Hall–Kier alpha value is -1.68. The molecule has 3 aliphatic rings. The highest BCUT2D eigenvalue weighted by Gasteiger charge is 2.48. The molecule has 2 aromatic rings. The average molecular weight is 349 g/mol. The average Bonchev–Trinajstić information content (AvgIpc) is 3.06. The lowest BCUT2D eigenvalue weighted by molar-refractivity contribution is -0.145. The standard InChI is InChI=1S/C23H27NO2/c1-6-14-24(15-7-1)16-20-17-25-23(26-20)21-10-4-2-8-18(21)12-13-19-9-3-5-11-22(19)23/h2-5,8-11,20H,1,6-7,12-17H2. The van der Waals surface area contributed by atoms with Crippen molar-refractivity contribution in [3.05, 3.63) is 70.8 Å². The molecule has 136 valence electrons. The Morgan fingerprint density at radius 1 is 0.846 bits per heavy atom. The lowest BCUT2D eigenvalue weighted by atomic mass is 9.93. The number of nitrogens with zero attached hydrogens (tertiary/aromatic N) is 1. The quantitative estimate of drug-likeness (QED) is 0.821. The normalized spacial score (nSPS) is 24.8. The van der Waals surface area contributed by atoms with E-state index >= 15 is 0 Å². The first-order valence-electron chi connectivity index (χ1n) is 10.1. The largest absolute Gasteiger partial charge is 0.339 e. The maximum atomic E-state index is 6.76. The molecule has 3 nitrogen and oxygen atoms in total. The third-order valence-corrected chi connectivity index (χ3v) is 6.12. The second-order valence-corrected chi connectivity index (χ2v) is 7.84. The fourth-order valence-corrected chi connectivity index (χ4v) is 4.85. The van der Waals surface area contributed by atoms with Gasteiger partial charge in [0.05, 0.1) is 12.7 Å². The molecule has 0 amide bonds. The van der Waals surface area contributed by atoms with Gasteiger partial charge in [0.1, 0.15) is 0 Å². The van der Waals surface area contributed by atoms with Crippen molar-refractivity contribution >= 4 is 0 Å². The van der Waals surface area contributed by atoms with Crippen LogP contribution >= 0.6 is 0 Å². The van der Waals surface area contributed by atoms with E-state index in [-0.39, 0.29) is 6.10 Å². The lowest BCUT2D eigenvalue weighted by Gasteiger charge is -2.32. The van der Waals surface area contributed by atoms with Crippen LogP contribution in [0, 0.1) is 0 Å². The first-order valence-corrected chi connectivity index (χ1v) is 10.1. The van der Waals surface area contributed by atoms with Gasteiger partial charge < -0.3 is 14.4 Å². The van der Waals surface area contributed by atoms with Gasteiger partial charge in [-0.2, -0.15) is 0 Å². The molecule has 2 aromatic carbocycles. The summed E-state index contributed by atoms with van der Waals surface area (Å²) in [6, 6.07) is 17.3. The zero-order valence-corrected chi connectivity index (χ0v) is 15.3. The van der Waals surface area contributed by atoms with E-state index in [1.165, 1.54) is 54.6 Å². The molecular formula is C23H27NO2. The Morgan fingerprint density at radius 2 is 1.46 bits per heavy atom. The van der Waals surface area contributed by atoms with Crippen molar-refractivity contribution in [2.24, 2.45) is 0 Å². The summed E-state index contributed by atoms with van der Waals surface area (Å²) in [5.41, 5.74) is 5.10. The van der Waals surface area contributed by atoms with E-state index in [0.717, 1.165) is 19.4 Å². The molecule has 2 fully saturated rings. The first-order chi connectivity index (χ1) is 12.9. The summed E-state index contributed by atoms with van der Waals surface area (Å²) in [6.45, 7) is 4.03. The third kappa shape index (κ3) is 2.79. The minimum atomic E-state index is -0.732. The van der Waals surface area contributed by atoms with Gasteiger partial charge in [-0.05, 0) is 49.9 Å². The van der Waals surface area contributed by atoms with Crippen LogP contribution in [0.5, 0.6) is 0 Å². The molecular weight excluding hydrogens is 322 g/mol. The van der Waals surface area contributed by atoms with Gasteiger partial charge >= 0.3 is 0 Å². The zero-order valence-electron chi connectivity index (χ0n) is 15.3. The molecule has 0 radical (unpaired) electrons. The zero-order chi connectivity index (χ0) is 17.4. The molecule has 0 saturated carbocycles. The van der Waals surface area contributed by atoms with Crippen LogP contribution in [0.3, 0.4) is 0 Å². The number of piperidine rings is 1. The molecule has 1 aliphatic carbocycles. The van der Waals surface area contributed by atoms with Crippen molar-refractivity contribution in [3.63, 3.8) is 0 Å². The predicted molar refractivity (Wildman–Crippen MR) is 102 cm³/mol. The molecule has 1 unspecified atom stereocenters. The Morgan fingerprint density at radius 3 is 2.12 bits per heavy atom. The maximum Gasteiger partial charge on any atom is 0.223 e. The van der Waals surface area contributed by atoms with E-state index in [0.29, 0.717) is 6.61 Å². The molecule has 2 heterocycles. The van der Waals surface area contributed by atoms with E-state index in [4.69, 9.17) is 9.47 Å². The summed E-state index contributed by atoms with van der Waals surface area (Å²) in [5.74, 6) is -0.732. The lowest BCUT2D eigenvalue weighted by Crippen LogP contribution is -2.38. The molecule has 26 heavy (non-hydrogen) atoms. The number of likely N-dealkylation sites (tertiary alicyclic amines) is 1. The number of rotatable bonds is 2. The summed E-state index contributed by atoms with van der Waals surface area (Å²) < 4.78 is 13.3. The van der Waals surface area contributed by atoms with Gasteiger partial charge in [-0.15, -0.1) is 0 Å². The Kier molecular flexibility index (Phi) is 4.32. The summed E-state index contributed by atoms with van der Waals surface area (Å²) in [5, 5.41) is 0. The maximum absolute atomic E-state index is 6.76.